The molecule has 13 nitrogen and oxygen atoms in total. The molecular weight excluding hydrogens is 740 g/mol. The van der Waals surface area contributed by atoms with Crippen LogP contribution in [0.2, 0.25) is 0 Å². The topological polar surface area (TPSA) is 147 Å². The molecule has 2 fully saturated rings. The van der Waals surface area contributed by atoms with E-state index in [2.05, 4.69) is 19.9 Å². The first-order chi connectivity index (χ1) is 26.0. The fourth-order valence-electron chi connectivity index (χ4n) is 6.38. The number of hydrogen-bond acceptors (Lipinski definition) is 10. The molecule has 4 aromatic rings. The molecule has 2 aliphatic heterocycles. The molecule has 2 amide bonds. The number of alkyl halides is 3. The van der Waals surface area contributed by atoms with Crippen LogP contribution in [0.3, 0.4) is 0 Å². The first-order valence-electron chi connectivity index (χ1n) is 17.8. The van der Waals surface area contributed by atoms with Crippen molar-refractivity contribution >= 4 is 33.5 Å². The molecule has 4 heterocycles. The highest BCUT2D eigenvalue weighted by atomic mass is 32.2. The number of rotatable bonds is 9. The van der Waals surface area contributed by atoms with Crippen LogP contribution in [0.15, 0.2) is 79.0 Å². The fraction of sp³-hybridized carbons (Fsp3) is 0.395. The molecule has 0 unspecified atom stereocenters. The van der Waals surface area contributed by atoms with Crippen molar-refractivity contribution in [2.45, 2.75) is 57.1 Å². The average Bonchev–Trinajstić information content (AvgIpc) is 3.14. The van der Waals surface area contributed by atoms with Crippen molar-refractivity contribution in [1.29, 1.82) is 0 Å². The number of piperidine rings is 1. The van der Waals surface area contributed by atoms with Crippen LogP contribution >= 0.6 is 0 Å². The third-order valence-electron chi connectivity index (χ3n) is 9.10. The van der Waals surface area contributed by atoms with Gasteiger partial charge in [-0.25, -0.2) is 18.2 Å². The van der Waals surface area contributed by atoms with Crippen molar-refractivity contribution < 1.29 is 40.7 Å². The molecule has 1 N–H and O–H groups in total. The van der Waals surface area contributed by atoms with Crippen molar-refractivity contribution in [3.8, 4) is 11.6 Å². The van der Waals surface area contributed by atoms with Gasteiger partial charge in [0.25, 0.3) is 5.91 Å². The van der Waals surface area contributed by atoms with E-state index in [4.69, 9.17) is 9.47 Å². The van der Waals surface area contributed by atoms with Crippen molar-refractivity contribution in [3.63, 3.8) is 0 Å². The fourth-order valence-corrected chi connectivity index (χ4v) is 7.57. The lowest BCUT2D eigenvalue weighted by Crippen LogP contribution is -2.50. The lowest BCUT2D eigenvalue weighted by Gasteiger charge is -2.37. The Morgan fingerprint density at radius 3 is 2.13 bits per heavy atom. The summed E-state index contributed by atoms with van der Waals surface area (Å²) in [6, 6.07) is 19.4. The molecule has 2 aromatic carbocycles. The number of nitrogens with one attached hydrogen (secondary N) is 1. The lowest BCUT2D eigenvalue weighted by atomic mass is 9.89. The molecule has 55 heavy (non-hydrogen) atoms. The Kier molecular flexibility index (Phi) is 11.5. The highest BCUT2D eigenvalue weighted by molar-refractivity contribution is 7.91. The molecule has 0 saturated carbocycles. The maximum Gasteiger partial charge on any atom is 0.435 e. The van der Waals surface area contributed by atoms with E-state index >= 15 is 0 Å². The number of nitrogens with zero attached hydrogens (tertiary/aromatic N) is 6. The molecule has 0 aliphatic carbocycles. The Morgan fingerprint density at radius 1 is 0.855 bits per heavy atom. The van der Waals surface area contributed by atoms with Gasteiger partial charge in [0.2, 0.25) is 15.9 Å². The first-order valence-corrected chi connectivity index (χ1v) is 19.4. The summed E-state index contributed by atoms with van der Waals surface area (Å²) in [6.07, 6.45) is -2.23. The molecule has 292 valence electrons. The summed E-state index contributed by atoms with van der Waals surface area (Å²) in [5, 5.41) is 6.68. The van der Waals surface area contributed by atoms with E-state index in [0.29, 0.717) is 69.2 Å². The number of halogens is 3. The number of piperazine rings is 1. The molecule has 0 radical (unpaired) electrons. The molecule has 6 rings (SSSR count). The van der Waals surface area contributed by atoms with Gasteiger partial charge in [0, 0.05) is 51.5 Å². The summed E-state index contributed by atoms with van der Waals surface area (Å²) in [5.41, 5.74) is 0.279. The summed E-state index contributed by atoms with van der Waals surface area (Å²) >= 11 is 0. The molecule has 2 aliphatic rings. The van der Waals surface area contributed by atoms with Crippen molar-refractivity contribution in [3.05, 3.63) is 101 Å². The van der Waals surface area contributed by atoms with E-state index in [1.54, 1.807) is 73.0 Å². The van der Waals surface area contributed by atoms with Crippen LogP contribution in [-0.4, -0.2) is 90.3 Å². The summed E-state index contributed by atoms with van der Waals surface area (Å²) < 4.78 is 79.0. The zero-order chi connectivity index (χ0) is 39.4. The van der Waals surface area contributed by atoms with Gasteiger partial charge >= 0.3 is 12.3 Å². The minimum absolute atomic E-state index is 0.0667. The van der Waals surface area contributed by atoms with Crippen LogP contribution in [0.25, 0.3) is 0 Å². The summed E-state index contributed by atoms with van der Waals surface area (Å²) in [5.74, 6) is 0.265. The molecule has 2 aromatic heterocycles. The maximum absolute atomic E-state index is 13.8. The van der Waals surface area contributed by atoms with Gasteiger partial charge in [0.1, 0.15) is 11.4 Å². The van der Waals surface area contributed by atoms with E-state index in [9.17, 15) is 31.2 Å². The third-order valence-corrected chi connectivity index (χ3v) is 10.3. The number of hydrogen-bond donors (Lipinski definition) is 1. The zero-order valence-electron chi connectivity index (χ0n) is 30.6. The summed E-state index contributed by atoms with van der Waals surface area (Å²) in [6.45, 7) is 7.72. The molecule has 0 bridgehead atoms. The molecular formula is C38H42F3N7O6S. The van der Waals surface area contributed by atoms with Gasteiger partial charge in [0.15, 0.2) is 11.5 Å². The first kappa shape index (κ1) is 39.2. The number of carbonyl (C=O) groups is 2. The molecule has 17 heteroatoms. The number of sulfonamides is 1. The highest BCUT2D eigenvalue weighted by Crippen LogP contribution is 2.33. The van der Waals surface area contributed by atoms with Gasteiger partial charge in [0.05, 0.1) is 17.0 Å². The Morgan fingerprint density at radius 2 is 1.53 bits per heavy atom. The SMILES string of the molecule is CC(C)(C)OC(=O)N1CCN(c2ncc(C(=O)N3CCC(c4ccc(Oc5ccc(C(F)(F)F)nn5)cc4)CC3)cc2NS(=O)(=O)Cc2ccccc2)CC1. The van der Waals surface area contributed by atoms with Crippen molar-refractivity contribution in [2.75, 3.05) is 48.9 Å². The van der Waals surface area contributed by atoms with E-state index in [1.165, 1.54) is 12.3 Å². The number of likely N-dealkylation sites (tertiary alicyclic amines) is 1. The van der Waals surface area contributed by atoms with E-state index in [1.807, 2.05) is 17.0 Å². The number of aromatic nitrogens is 3. The molecule has 2 saturated heterocycles. The quantitative estimate of drug-likeness (QED) is 0.195. The second kappa shape index (κ2) is 16.1. The normalized spacial score (nSPS) is 15.8. The number of ether oxygens (including phenoxy) is 2. The average molecular weight is 782 g/mol. The number of benzene rings is 2. The van der Waals surface area contributed by atoms with Crippen molar-refractivity contribution in [1.82, 2.24) is 25.0 Å². The monoisotopic (exact) mass is 781 g/mol. The predicted molar refractivity (Wildman–Crippen MR) is 198 cm³/mol. The lowest BCUT2D eigenvalue weighted by molar-refractivity contribution is -0.141. The van der Waals surface area contributed by atoms with Gasteiger partial charge in [-0.05, 0) is 74.9 Å². The van der Waals surface area contributed by atoms with Crippen LogP contribution in [0, 0.1) is 0 Å². The Balaban J connectivity index is 1.11. The van der Waals surface area contributed by atoms with E-state index in [0.717, 1.165) is 17.7 Å². The largest absolute Gasteiger partial charge is 0.444 e. The molecule has 0 spiro atoms. The van der Waals surface area contributed by atoms with Gasteiger partial charge in [-0.3, -0.25) is 9.52 Å². The number of anilines is 2. The summed E-state index contributed by atoms with van der Waals surface area (Å²) in [4.78, 5) is 36.3. The smallest absolute Gasteiger partial charge is 0.435 e. The third kappa shape index (κ3) is 10.4. The Hall–Kier alpha value is -5.45. The van der Waals surface area contributed by atoms with Crippen LogP contribution in [0.1, 0.15) is 66.7 Å². The number of carbonyl (C=O) groups excluding carboxylic acids is 2. The van der Waals surface area contributed by atoms with E-state index < -0.39 is 33.6 Å². The van der Waals surface area contributed by atoms with Crippen molar-refractivity contribution in [2.24, 2.45) is 0 Å². The number of pyridine rings is 1. The van der Waals surface area contributed by atoms with Gasteiger partial charge in [-0.2, -0.15) is 13.2 Å². The molecule has 0 atom stereocenters. The van der Waals surface area contributed by atoms with E-state index in [-0.39, 0.29) is 34.7 Å². The predicted octanol–water partition coefficient (Wildman–Crippen LogP) is 6.70. The minimum atomic E-state index is -4.59. The summed E-state index contributed by atoms with van der Waals surface area (Å²) in [7, 11) is -3.91. The van der Waals surface area contributed by atoms with Gasteiger partial charge in [-0.15, -0.1) is 10.2 Å². The maximum atomic E-state index is 13.8. The zero-order valence-corrected chi connectivity index (χ0v) is 31.4. The van der Waals surface area contributed by atoms with Crippen LogP contribution < -0.4 is 14.4 Å². The highest BCUT2D eigenvalue weighted by Gasteiger charge is 2.33. The van der Waals surface area contributed by atoms with Crippen LogP contribution in [0.5, 0.6) is 11.6 Å². The number of amides is 2. The Labute approximate surface area is 317 Å². The van der Waals surface area contributed by atoms with Crippen LogP contribution in [-0.2, 0) is 26.7 Å². The second-order valence-electron chi connectivity index (χ2n) is 14.4. The minimum Gasteiger partial charge on any atom is -0.444 e. The van der Waals surface area contributed by atoms with Gasteiger partial charge < -0.3 is 24.2 Å². The van der Waals surface area contributed by atoms with Crippen LogP contribution in [0.4, 0.5) is 29.5 Å². The second-order valence-corrected chi connectivity index (χ2v) is 16.1. The Bertz CT molecular complexity index is 2070. The standard InChI is InChI=1S/C38H42F3N7O6S/c1-37(2,3)54-36(50)48-21-19-46(20-22-48)34-31(45-55(51,52)25-26-7-5-4-6-8-26)23-29(24-42-34)35(49)47-17-15-28(16-18-47)27-9-11-30(12-10-27)53-33-14-13-32(43-44-33)38(39,40)41/h4-14,23-24,28,45H,15-22,25H2,1-3H3. The van der Waals surface area contributed by atoms with Gasteiger partial charge in [-0.1, -0.05) is 42.5 Å².